The van der Waals surface area contributed by atoms with E-state index in [1.807, 2.05) is 0 Å². The van der Waals surface area contributed by atoms with Crippen LogP contribution in [0.2, 0.25) is 0 Å². The van der Waals surface area contributed by atoms with Crippen LogP contribution in [0, 0.1) is 11.8 Å². The minimum atomic E-state index is -0.954. The summed E-state index contributed by atoms with van der Waals surface area (Å²) in [5.41, 5.74) is 1.09. The second-order valence-corrected chi connectivity index (χ2v) is 5.81. The molecule has 0 saturated carbocycles. The van der Waals surface area contributed by atoms with Crippen molar-refractivity contribution in [1.29, 1.82) is 0 Å². The lowest BCUT2D eigenvalue weighted by atomic mass is 10.0. The molecule has 0 aliphatic carbocycles. The number of aliphatic hydroxyl groups excluding tert-OH is 1. The number of ether oxygens (including phenoxy) is 2. The average Bonchev–Trinajstić information content (AvgIpc) is 2.80. The largest absolute Gasteiger partial charge is 0.463 e. The van der Waals surface area contributed by atoms with Gasteiger partial charge in [-0.15, -0.1) is 0 Å². The standard InChI is InChI=1S/C14H21N3O6/c1-7(2)13(19)22-6-9-8(3)11(18)12(23-9)17-5-4-10(16-21)15-14(17)20/h4-5,7-9,11-12,18,21H,6H2,1-3H3,(H,15,16,20)/t8-,9-,11-,12-/m1/s1. The summed E-state index contributed by atoms with van der Waals surface area (Å²) < 4.78 is 11.9. The van der Waals surface area contributed by atoms with Gasteiger partial charge in [0.1, 0.15) is 12.7 Å². The Morgan fingerprint density at radius 1 is 1.57 bits per heavy atom. The van der Waals surface area contributed by atoms with Gasteiger partial charge in [0.15, 0.2) is 12.0 Å². The first-order chi connectivity index (χ1) is 10.8. The van der Waals surface area contributed by atoms with Crippen molar-refractivity contribution in [1.82, 2.24) is 9.55 Å². The van der Waals surface area contributed by atoms with Gasteiger partial charge in [-0.05, 0) is 6.07 Å². The van der Waals surface area contributed by atoms with Gasteiger partial charge in [0.2, 0.25) is 0 Å². The molecule has 0 aromatic carbocycles. The van der Waals surface area contributed by atoms with Gasteiger partial charge in [-0.3, -0.25) is 20.0 Å². The number of hydrogen-bond donors (Lipinski definition) is 3. The minimum Gasteiger partial charge on any atom is -0.463 e. The average molecular weight is 327 g/mol. The molecule has 0 radical (unpaired) electrons. The van der Waals surface area contributed by atoms with Crippen molar-refractivity contribution in [3.63, 3.8) is 0 Å². The van der Waals surface area contributed by atoms with Crippen LogP contribution in [0.4, 0.5) is 5.82 Å². The van der Waals surface area contributed by atoms with E-state index in [0.717, 1.165) is 4.57 Å². The molecular weight excluding hydrogens is 306 g/mol. The Morgan fingerprint density at radius 2 is 2.26 bits per heavy atom. The Hall–Kier alpha value is -1.97. The zero-order valence-corrected chi connectivity index (χ0v) is 13.2. The van der Waals surface area contributed by atoms with Gasteiger partial charge in [-0.2, -0.15) is 4.98 Å². The first-order valence-corrected chi connectivity index (χ1v) is 7.34. The van der Waals surface area contributed by atoms with Gasteiger partial charge in [-0.1, -0.05) is 20.8 Å². The highest BCUT2D eigenvalue weighted by Gasteiger charge is 2.43. The van der Waals surface area contributed by atoms with Crippen LogP contribution >= 0.6 is 0 Å². The highest BCUT2D eigenvalue weighted by Crippen LogP contribution is 2.33. The summed E-state index contributed by atoms with van der Waals surface area (Å²) in [4.78, 5) is 27.0. The third-order valence-electron chi connectivity index (χ3n) is 3.81. The number of aliphatic hydroxyl groups is 1. The van der Waals surface area contributed by atoms with Crippen LogP contribution in [0.3, 0.4) is 0 Å². The summed E-state index contributed by atoms with van der Waals surface area (Å²) in [5, 5.41) is 19.0. The van der Waals surface area contributed by atoms with Crippen molar-refractivity contribution in [2.45, 2.75) is 39.2 Å². The second kappa shape index (κ2) is 7.07. The fraction of sp³-hybridized carbons (Fsp3) is 0.643. The van der Waals surface area contributed by atoms with Crippen LogP contribution < -0.4 is 11.2 Å². The van der Waals surface area contributed by atoms with E-state index >= 15 is 0 Å². The fourth-order valence-corrected chi connectivity index (χ4v) is 2.28. The third-order valence-corrected chi connectivity index (χ3v) is 3.81. The molecule has 1 aliphatic heterocycles. The van der Waals surface area contributed by atoms with E-state index < -0.39 is 24.1 Å². The molecule has 9 nitrogen and oxygen atoms in total. The van der Waals surface area contributed by atoms with E-state index in [9.17, 15) is 14.7 Å². The molecule has 0 amide bonds. The molecule has 128 valence electrons. The highest BCUT2D eigenvalue weighted by molar-refractivity contribution is 5.71. The highest BCUT2D eigenvalue weighted by atomic mass is 16.6. The van der Waals surface area contributed by atoms with Crippen molar-refractivity contribution < 1.29 is 24.6 Å². The molecule has 1 aliphatic rings. The van der Waals surface area contributed by atoms with Crippen LogP contribution in [-0.4, -0.2) is 44.6 Å². The summed E-state index contributed by atoms with van der Waals surface area (Å²) in [5.74, 6) is -0.939. The Kier molecular flexibility index (Phi) is 5.34. The Balaban J connectivity index is 2.10. The quantitative estimate of drug-likeness (QED) is 0.515. The molecule has 4 atom stereocenters. The zero-order valence-electron chi connectivity index (χ0n) is 13.2. The van der Waals surface area contributed by atoms with Crippen molar-refractivity contribution in [3.8, 4) is 0 Å². The summed E-state index contributed by atoms with van der Waals surface area (Å²) in [6, 6.07) is 1.37. The molecule has 1 saturated heterocycles. The molecule has 1 fully saturated rings. The molecule has 0 bridgehead atoms. The van der Waals surface area contributed by atoms with Crippen LogP contribution in [0.5, 0.6) is 0 Å². The SMILES string of the molecule is CC(C)C(=O)OC[C@H]1O[C@@H](n2ccc(NO)nc2=O)[C@H](O)[C@@H]1C. The van der Waals surface area contributed by atoms with Crippen LogP contribution in [0.1, 0.15) is 27.0 Å². The smallest absolute Gasteiger partial charge is 0.351 e. The van der Waals surface area contributed by atoms with E-state index in [2.05, 4.69) is 4.98 Å². The van der Waals surface area contributed by atoms with Gasteiger partial charge >= 0.3 is 11.7 Å². The molecule has 2 heterocycles. The van der Waals surface area contributed by atoms with E-state index in [4.69, 9.17) is 14.7 Å². The predicted molar refractivity (Wildman–Crippen MR) is 78.8 cm³/mol. The number of nitrogens with one attached hydrogen (secondary N) is 1. The number of anilines is 1. The maximum Gasteiger partial charge on any atom is 0.351 e. The van der Waals surface area contributed by atoms with Crippen LogP contribution in [0.25, 0.3) is 0 Å². The summed E-state index contributed by atoms with van der Waals surface area (Å²) in [7, 11) is 0. The minimum absolute atomic E-state index is 0.00416. The van der Waals surface area contributed by atoms with Gasteiger partial charge < -0.3 is 14.6 Å². The Bertz CT molecular complexity index is 617. The van der Waals surface area contributed by atoms with Crippen molar-refractivity contribution in [2.24, 2.45) is 11.8 Å². The molecular formula is C14H21N3O6. The topological polar surface area (TPSA) is 123 Å². The Labute approximate surface area is 132 Å². The summed E-state index contributed by atoms with van der Waals surface area (Å²) >= 11 is 0. The molecule has 1 aromatic heterocycles. The lowest BCUT2D eigenvalue weighted by molar-refractivity contribution is -0.152. The lowest BCUT2D eigenvalue weighted by Crippen LogP contribution is -2.33. The number of carbonyl (C=O) groups is 1. The van der Waals surface area contributed by atoms with E-state index in [0.29, 0.717) is 0 Å². The maximum atomic E-state index is 11.9. The summed E-state index contributed by atoms with van der Waals surface area (Å²) in [6.07, 6.45) is -1.05. The molecule has 23 heavy (non-hydrogen) atoms. The molecule has 2 rings (SSSR count). The molecule has 0 spiro atoms. The fourth-order valence-electron chi connectivity index (χ4n) is 2.28. The zero-order chi connectivity index (χ0) is 17.1. The molecule has 0 unspecified atom stereocenters. The van der Waals surface area contributed by atoms with Gasteiger partial charge in [-0.25, -0.2) is 4.79 Å². The summed E-state index contributed by atoms with van der Waals surface area (Å²) in [6.45, 7) is 5.20. The number of nitrogens with zero attached hydrogens (tertiary/aromatic N) is 2. The molecule has 9 heteroatoms. The van der Waals surface area contributed by atoms with Crippen molar-refractivity contribution in [2.75, 3.05) is 12.1 Å². The number of hydrogen-bond acceptors (Lipinski definition) is 8. The number of carbonyl (C=O) groups excluding carboxylic acids is 1. The van der Waals surface area contributed by atoms with Crippen molar-refractivity contribution >= 4 is 11.8 Å². The first-order valence-electron chi connectivity index (χ1n) is 7.34. The monoisotopic (exact) mass is 327 g/mol. The number of rotatable bonds is 5. The van der Waals surface area contributed by atoms with Gasteiger partial charge in [0.25, 0.3) is 0 Å². The van der Waals surface area contributed by atoms with Crippen molar-refractivity contribution in [3.05, 3.63) is 22.7 Å². The van der Waals surface area contributed by atoms with Gasteiger partial charge in [0.05, 0.1) is 12.0 Å². The number of aromatic nitrogens is 2. The van der Waals surface area contributed by atoms with E-state index in [1.165, 1.54) is 12.3 Å². The second-order valence-electron chi connectivity index (χ2n) is 5.81. The third kappa shape index (κ3) is 3.69. The van der Waals surface area contributed by atoms with E-state index in [1.54, 1.807) is 26.3 Å². The van der Waals surface area contributed by atoms with Gasteiger partial charge in [0, 0.05) is 12.1 Å². The van der Waals surface area contributed by atoms with Crippen LogP contribution in [0.15, 0.2) is 17.1 Å². The van der Waals surface area contributed by atoms with Crippen LogP contribution in [-0.2, 0) is 14.3 Å². The predicted octanol–water partition coefficient (Wildman–Crippen LogP) is 0.138. The Morgan fingerprint density at radius 3 is 2.83 bits per heavy atom. The molecule has 3 N–H and O–H groups in total. The number of esters is 1. The normalized spacial score (nSPS) is 27.2. The lowest BCUT2D eigenvalue weighted by Gasteiger charge is -2.17. The first kappa shape index (κ1) is 17.4. The maximum absolute atomic E-state index is 11.9. The molecule has 1 aromatic rings. The van der Waals surface area contributed by atoms with E-state index in [-0.39, 0.29) is 30.2 Å².